The van der Waals surface area contributed by atoms with Crippen LogP contribution in [0.5, 0.6) is 0 Å². The molecular formula is C61H63BN4. The maximum atomic E-state index is 5.33. The van der Waals surface area contributed by atoms with Crippen LogP contribution in [0.25, 0.3) is 65.7 Å². The third kappa shape index (κ3) is 5.55. The summed E-state index contributed by atoms with van der Waals surface area (Å²) in [5.74, 6) is 0. The van der Waals surface area contributed by atoms with Gasteiger partial charge in [0.25, 0.3) is 6.71 Å². The number of aromatic nitrogens is 3. The van der Waals surface area contributed by atoms with Crippen molar-refractivity contribution in [2.24, 2.45) is 0 Å². The zero-order chi connectivity index (χ0) is 46.5. The molecule has 6 heterocycles. The maximum absolute atomic E-state index is 5.33. The van der Waals surface area contributed by atoms with E-state index in [4.69, 9.17) is 4.98 Å². The first-order chi connectivity index (χ1) is 30.9. The second-order valence-electron chi connectivity index (χ2n) is 25.0. The van der Waals surface area contributed by atoms with Crippen LogP contribution in [0.2, 0.25) is 0 Å². The molecule has 0 spiro atoms. The van der Waals surface area contributed by atoms with Gasteiger partial charge in [-0.05, 0) is 132 Å². The van der Waals surface area contributed by atoms with Crippen LogP contribution in [0.3, 0.4) is 0 Å². The first-order valence-corrected chi connectivity index (χ1v) is 24.3. The van der Waals surface area contributed by atoms with Crippen LogP contribution in [-0.2, 0) is 27.1 Å². The lowest BCUT2D eigenvalue weighted by Crippen LogP contribution is -2.60. The van der Waals surface area contributed by atoms with Gasteiger partial charge in [-0.1, -0.05) is 146 Å². The summed E-state index contributed by atoms with van der Waals surface area (Å²) in [5, 5.41) is 6.49. The monoisotopic (exact) mass is 863 g/mol. The van der Waals surface area contributed by atoms with Crippen LogP contribution >= 0.6 is 0 Å². The van der Waals surface area contributed by atoms with E-state index >= 15 is 0 Å². The molecule has 0 amide bonds. The number of hydrogen-bond acceptors (Lipinski definition) is 2. The molecule has 6 aromatic carbocycles. The summed E-state index contributed by atoms with van der Waals surface area (Å²) in [6.07, 6.45) is 2.09. The minimum absolute atomic E-state index is 0.0162. The Kier molecular flexibility index (Phi) is 8.07. The van der Waals surface area contributed by atoms with Gasteiger partial charge in [0.05, 0.1) is 44.5 Å². The molecular weight excluding hydrogens is 800 g/mol. The zero-order valence-corrected chi connectivity index (χ0v) is 41.8. The van der Waals surface area contributed by atoms with Crippen LogP contribution in [0, 0.1) is 0 Å². The number of nitrogens with zero attached hydrogens (tertiary/aromatic N) is 4. The highest BCUT2D eigenvalue weighted by Gasteiger charge is 2.46. The van der Waals surface area contributed by atoms with Gasteiger partial charge in [0, 0.05) is 44.5 Å². The molecule has 0 saturated heterocycles. The number of pyridine rings is 1. The van der Waals surface area contributed by atoms with Crippen LogP contribution < -0.4 is 21.3 Å². The standard InChI is InChI=1S/C61H63BN4/c1-57(2,3)34-16-22-39(23-17-34)64-48-27-21-38(61(13,14)15)33-44(48)62-43-28-29-63-52-42-32-37(60(10,11)12)20-26-47(42)66(53(43)52)56-50-41-31-36(59(7,8)9)19-25-46(41)65-45-24-18-35(58(4,5)6)30-40(45)49(54(50)65)55(64)51(56)62/h16-33H,1-15H3. The van der Waals surface area contributed by atoms with E-state index in [0.717, 1.165) is 5.52 Å². The second-order valence-corrected chi connectivity index (χ2v) is 25.0. The maximum Gasteiger partial charge on any atom is 0.252 e. The summed E-state index contributed by atoms with van der Waals surface area (Å²) >= 11 is 0. The van der Waals surface area contributed by atoms with Gasteiger partial charge >= 0.3 is 0 Å². The lowest BCUT2D eigenvalue weighted by Gasteiger charge is -2.41. The summed E-state index contributed by atoms with van der Waals surface area (Å²) in [5.41, 5.74) is 23.0. The van der Waals surface area contributed by atoms with Gasteiger partial charge in [0.1, 0.15) is 0 Å². The molecule has 10 aromatic rings. The summed E-state index contributed by atoms with van der Waals surface area (Å²) in [6, 6.07) is 41.1. The first-order valence-electron chi connectivity index (χ1n) is 24.3. The highest BCUT2D eigenvalue weighted by molar-refractivity contribution is 7.01. The highest BCUT2D eigenvalue weighted by Crippen LogP contribution is 2.53. The molecule has 0 atom stereocenters. The van der Waals surface area contributed by atoms with Crippen LogP contribution in [0.15, 0.2) is 109 Å². The van der Waals surface area contributed by atoms with Gasteiger partial charge in [-0.15, -0.1) is 0 Å². The molecule has 330 valence electrons. The zero-order valence-electron chi connectivity index (χ0n) is 41.8. The SMILES string of the molecule is CC(C)(C)c1ccc(N2c3ccc(C(C)(C)C)cc3B3c4c2c2c5cc(C(C)(C)C)ccc5n5c6ccc(C(C)(C)C)cc6c(c4-n4c6ccc(C(C)(C)C)cc6c6nccc3c64)c25)cc1. The Hall–Kier alpha value is -6.07. The van der Waals surface area contributed by atoms with E-state index in [2.05, 4.69) is 227 Å². The van der Waals surface area contributed by atoms with E-state index in [-0.39, 0.29) is 33.8 Å². The normalized spacial score (nSPS) is 14.5. The van der Waals surface area contributed by atoms with Crippen molar-refractivity contribution < 1.29 is 0 Å². The molecule has 2 aliphatic rings. The number of benzene rings is 6. The molecule has 4 nitrogen and oxygen atoms in total. The van der Waals surface area contributed by atoms with Gasteiger partial charge in [-0.25, -0.2) is 0 Å². The van der Waals surface area contributed by atoms with E-state index in [1.165, 1.54) is 121 Å². The number of fused-ring (bicyclic) bond motifs is 15. The van der Waals surface area contributed by atoms with Crippen molar-refractivity contribution in [2.75, 3.05) is 4.90 Å². The largest absolute Gasteiger partial charge is 0.311 e. The van der Waals surface area contributed by atoms with Crippen molar-refractivity contribution in [3.8, 4) is 5.69 Å². The average molecular weight is 863 g/mol. The Morgan fingerprint density at radius 1 is 0.424 bits per heavy atom. The predicted molar refractivity (Wildman–Crippen MR) is 286 cm³/mol. The molecule has 4 aromatic heterocycles. The van der Waals surface area contributed by atoms with Gasteiger partial charge in [-0.3, -0.25) is 4.98 Å². The minimum atomic E-state index is -0.0467. The van der Waals surface area contributed by atoms with Crippen LogP contribution in [-0.4, -0.2) is 20.7 Å². The van der Waals surface area contributed by atoms with Crippen molar-refractivity contribution in [2.45, 2.75) is 131 Å². The van der Waals surface area contributed by atoms with Gasteiger partial charge in [0.15, 0.2) is 0 Å². The predicted octanol–water partition coefficient (Wildman–Crippen LogP) is 14.4. The average Bonchev–Trinajstić information content (AvgIpc) is 3.88. The van der Waals surface area contributed by atoms with Gasteiger partial charge < -0.3 is 13.9 Å². The van der Waals surface area contributed by atoms with Crippen molar-refractivity contribution in [3.05, 3.63) is 137 Å². The molecule has 0 radical (unpaired) electrons. The summed E-state index contributed by atoms with van der Waals surface area (Å²) < 4.78 is 5.28. The second kappa shape index (κ2) is 12.9. The fraction of sp³-hybridized carbons (Fsp3) is 0.328. The van der Waals surface area contributed by atoms with E-state index in [9.17, 15) is 0 Å². The molecule has 0 bridgehead atoms. The fourth-order valence-electron chi connectivity index (χ4n) is 11.7. The molecule has 0 N–H and O–H groups in total. The van der Waals surface area contributed by atoms with Gasteiger partial charge in [-0.2, -0.15) is 0 Å². The smallest absolute Gasteiger partial charge is 0.252 e. The molecule has 0 fully saturated rings. The quantitative estimate of drug-likeness (QED) is 0.154. The van der Waals surface area contributed by atoms with E-state index < -0.39 is 0 Å². The van der Waals surface area contributed by atoms with E-state index in [1.54, 1.807) is 0 Å². The van der Waals surface area contributed by atoms with Crippen molar-refractivity contribution in [1.29, 1.82) is 0 Å². The lowest BCUT2D eigenvalue weighted by molar-refractivity contribution is 0.590. The topological polar surface area (TPSA) is 25.5 Å². The Labute approximate surface area is 391 Å². The van der Waals surface area contributed by atoms with Crippen molar-refractivity contribution in [1.82, 2.24) is 14.0 Å². The van der Waals surface area contributed by atoms with E-state index in [1.807, 2.05) is 0 Å². The van der Waals surface area contributed by atoms with Crippen molar-refractivity contribution in [3.63, 3.8) is 0 Å². The fourth-order valence-corrected chi connectivity index (χ4v) is 11.7. The van der Waals surface area contributed by atoms with E-state index in [0.29, 0.717) is 0 Å². The third-order valence-electron chi connectivity index (χ3n) is 15.4. The lowest BCUT2D eigenvalue weighted by atomic mass is 9.33. The van der Waals surface area contributed by atoms with Gasteiger partial charge in [0.2, 0.25) is 0 Å². The van der Waals surface area contributed by atoms with Crippen molar-refractivity contribution >= 4 is 100 Å². The number of hydrogen-bond donors (Lipinski definition) is 0. The van der Waals surface area contributed by atoms with Crippen LogP contribution in [0.1, 0.15) is 132 Å². The number of anilines is 3. The molecule has 0 saturated carbocycles. The minimum Gasteiger partial charge on any atom is -0.311 e. The Bertz CT molecular complexity index is 3710. The first kappa shape index (κ1) is 41.4. The summed E-state index contributed by atoms with van der Waals surface area (Å²) in [6.45, 7) is 35.0. The Morgan fingerprint density at radius 3 is 1.44 bits per heavy atom. The summed E-state index contributed by atoms with van der Waals surface area (Å²) in [4.78, 5) is 7.99. The third-order valence-corrected chi connectivity index (χ3v) is 15.4. The molecule has 66 heavy (non-hydrogen) atoms. The molecule has 5 heteroatoms. The molecule has 12 rings (SSSR count). The van der Waals surface area contributed by atoms with Crippen LogP contribution in [0.4, 0.5) is 17.1 Å². The summed E-state index contributed by atoms with van der Waals surface area (Å²) in [7, 11) is 0. The Morgan fingerprint density at radius 2 is 0.894 bits per heavy atom. The molecule has 0 aliphatic carbocycles. The highest BCUT2D eigenvalue weighted by atomic mass is 15.2. The molecule has 2 aliphatic heterocycles. The molecule has 0 unspecified atom stereocenters. The Balaban J connectivity index is 1.38. The number of rotatable bonds is 1.